The molecule has 0 spiro atoms. The van der Waals surface area contributed by atoms with Gasteiger partial charge in [0.2, 0.25) is 0 Å². The molecule has 0 N–H and O–H groups in total. The predicted octanol–water partition coefficient (Wildman–Crippen LogP) is 5.32. The number of morpholine rings is 1. The Morgan fingerprint density at radius 2 is 1.47 bits per heavy atom. The van der Waals surface area contributed by atoms with Gasteiger partial charge in [-0.3, -0.25) is 4.90 Å². The SMILES string of the molecule is c1ccc(COc2ccc(Oc3ccccc3CCCN3CCOCC3)cc2)cc1. The van der Waals surface area contributed by atoms with Gasteiger partial charge in [-0.1, -0.05) is 48.5 Å². The molecule has 4 heteroatoms. The number of aryl methyl sites for hydroxylation is 1. The highest BCUT2D eigenvalue weighted by Gasteiger charge is 2.11. The fourth-order valence-corrected chi connectivity index (χ4v) is 3.60. The van der Waals surface area contributed by atoms with Crippen LogP contribution < -0.4 is 9.47 Å². The molecule has 0 atom stereocenters. The molecule has 0 aromatic heterocycles. The maximum absolute atomic E-state index is 6.18. The van der Waals surface area contributed by atoms with Gasteiger partial charge in [-0.25, -0.2) is 0 Å². The van der Waals surface area contributed by atoms with E-state index >= 15 is 0 Å². The molecule has 0 amide bonds. The Morgan fingerprint density at radius 1 is 0.767 bits per heavy atom. The Hall–Kier alpha value is -2.82. The molecule has 4 rings (SSSR count). The maximum Gasteiger partial charge on any atom is 0.130 e. The van der Waals surface area contributed by atoms with Gasteiger partial charge >= 0.3 is 0 Å². The van der Waals surface area contributed by atoms with E-state index in [2.05, 4.69) is 29.2 Å². The molecule has 3 aromatic rings. The molecule has 1 fully saturated rings. The molecule has 1 aliphatic rings. The van der Waals surface area contributed by atoms with Crippen molar-refractivity contribution in [1.82, 2.24) is 4.90 Å². The van der Waals surface area contributed by atoms with Crippen molar-refractivity contribution in [2.45, 2.75) is 19.4 Å². The first-order valence-electron chi connectivity index (χ1n) is 10.7. The molecule has 3 aromatic carbocycles. The lowest BCUT2D eigenvalue weighted by Gasteiger charge is -2.26. The topological polar surface area (TPSA) is 30.9 Å². The molecule has 0 saturated carbocycles. The first-order chi connectivity index (χ1) is 14.9. The van der Waals surface area contributed by atoms with Crippen LogP contribution in [0, 0.1) is 0 Å². The van der Waals surface area contributed by atoms with Gasteiger partial charge in [0.05, 0.1) is 13.2 Å². The first kappa shape index (κ1) is 20.5. The van der Waals surface area contributed by atoms with Crippen LogP contribution in [0.2, 0.25) is 0 Å². The van der Waals surface area contributed by atoms with Gasteiger partial charge < -0.3 is 14.2 Å². The molecule has 156 valence electrons. The Balaban J connectivity index is 1.30. The summed E-state index contributed by atoms with van der Waals surface area (Å²) in [7, 11) is 0. The highest BCUT2D eigenvalue weighted by molar-refractivity contribution is 5.39. The molecule has 1 saturated heterocycles. The minimum absolute atomic E-state index is 0.563. The second-order valence-corrected chi connectivity index (χ2v) is 7.51. The van der Waals surface area contributed by atoms with E-state index in [1.165, 1.54) is 5.56 Å². The lowest BCUT2D eigenvalue weighted by atomic mass is 10.1. The van der Waals surface area contributed by atoms with Crippen molar-refractivity contribution in [3.05, 3.63) is 90.0 Å². The van der Waals surface area contributed by atoms with Crippen molar-refractivity contribution in [3.8, 4) is 17.2 Å². The van der Waals surface area contributed by atoms with Crippen molar-refractivity contribution in [3.63, 3.8) is 0 Å². The van der Waals surface area contributed by atoms with E-state index in [1.807, 2.05) is 54.6 Å². The average Bonchev–Trinajstić information content (AvgIpc) is 2.81. The van der Waals surface area contributed by atoms with Gasteiger partial charge in [0.25, 0.3) is 0 Å². The van der Waals surface area contributed by atoms with Crippen molar-refractivity contribution >= 4 is 0 Å². The average molecular weight is 404 g/mol. The van der Waals surface area contributed by atoms with Crippen LogP contribution >= 0.6 is 0 Å². The minimum atomic E-state index is 0.563. The number of nitrogens with zero attached hydrogens (tertiary/aromatic N) is 1. The first-order valence-corrected chi connectivity index (χ1v) is 10.7. The van der Waals surface area contributed by atoms with Crippen LogP contribution in [0.3, 0.4) is 0 Å². The van der Waals surface area contributed by atoms with Gasteiger partial charge in [-0.15, -0.1) is 0 Å². The smallest absolute Gasteiger partial charge is 0.130 e. The number of hydrogen-bond acceptors (Lipinski definition) is 4. The highest BCUT2D eigenvalue weighted by Crippen LogP contribution is 2.28. The summed E-state index contributed by atoms with van der Waals surface area (Å²) in [5.41, 5.74) is 2.40. The third-order valence-corrected chi connectivity index (χ3v) is 5.30. The van der Waals surface area contributed by atoms with Crippen LogP contribution in [-0.2, 0) is 17.8 Å². The summed E-state index contributed by atoms with van der Waals surface area (Å²) >= 11 is 0. The summed E-state index contributed by atoms with van der Waals surface area (Å²) in [5.74, 6) is 2.59. The molecule has 0 bridgehead atoms. The molecular weight excluding hydrogens is 374 g/mol. The quantitative estimate of drug-likeness (QED) is 0.484. The maximum atomic E-state index is 6.18. The Bertz CT molecular complexity index is 890. The number of rotatable bonds is 9. The Labute approximate surface area is 179 Å². The zero-order chi connectivity index (χ0) is 20.4. The summed E-state index contributed by atoms with van der Waals surface area (Å²) in [6, 6.07) is 26.3. The van der Waals surface area contributed by atoms with Gasteiger partial charge in [0.1, 0.15) is 23.9 Å². The largest absolute Gasteiger partial charge is 0.489 e. The number of benzene rings is 3. The number of ether oxygens (including phenoxy) is 3. The molecular formula is C26H29NO3. The van der Waals surface area contributed by atoms with E-state index in [4.69, 9.17) is 14.2 Å². The van der Waals surface area contributed by atoms with E-state index in [-0.39, 0.29) is 0 Å². The Morgan fingerprint density at radius 3 is 2.27 bits per heavy atom. The number of hydrogen-bond donors (Lipinski definition) is 0. The van der Waals surface area contributed by atoms with Gasteiger partial charge in [-0.2, -0.15) is 0 Å². The minimum Gasteiger partial charge on any atom is -0.489 e. The molecule has 4 nitrogen and oxygen atoms in total. The van der Waals surface area contributed by atoms with Crippen molar-refractivity contribution in [2.24, 2.45) is 0 Å². The molecule has 0 radical (unpaired) electrons. The molecule has 1 aliphatic heterocycles. The molecule has 0 aliphatic carbocycles. The molecule has 1 heterocycles. The van der Waals surface area contributed by atoms with Crippen molar-refractivity contribution in [2.75, 3.05) is 32.8 Å². The monoisotopic (exact) mass is 403 g/mol. The van der Waals surface area contributed by atoms with Crippen LogP contribution in [0.15, 0.2) is 78.9 Å². The third kappa shape index (κ3) is 6.09. The lowest BCUT2D eigenvalue weighted by molar-refractivity contribution is 0.0374. The van der Waals surface area contributed by atoms with Gasteiger partial charge in [0, 0.05) is 13.1 Å². The van der Waals surface area contributed by atoms with Crippen LogP contribution in [0.1, 0.15) is 17.5 Å². The highest BCUT2D eigenvalue weighted by atomic mass is 16.5. The van der Waals surface area contributed by atoms with Crippen LogP contribution in [0.4, 0.5) is 0 Å². The number of para-hydroxylation sites is 1. The summed E-state index contributed by atoms with van der Waals surface area (Å²) in [5, 5.41) is 0. The summed E-state index contributed by atoms with van der Waals surface area (Å²) < 4.78 is 17.5. The predicted molar refractivity (Wildman–Crippen MR) is 119 cm³/mol. The zero-order valence-electron chi connectivity index (χ0n) is 17.3. The van der Waals surface area contributed by atoms with E-state index in [0.717, 1.165) is 68.5 Å². The zero-order valence-corrected chi connectivity index (χ0v) is 17.3. The summed E-state index contributed by atoms with van der Waals surface area (Å²) in [4.78, 5) is 2.47. The summed E-state index contributed by atoms with van der Waals surface area (Å²) in [6.45, 7) is 5.45. The Kier molecular flexibility index (Phi) is 7.37. The lowest BCUT2D eigenvalue weighted by Crippen LogP contribution is -2.36. The van der Waals surface area contributed by atoms with Crippen molar-refractivity contribution < 1.29 is 14.2 Å². The summed E-state index contributed by atoms with van der Waals surface area (Å²) in [6.07, 6.45) is 2.12. The van der Waals surface area contributed by atoms with E-state index in [0.29, 0.717) is 6.61 Å². The standard InChI is InChI=1S/C26H29NO3/c1-2-7-22(8-3-1)21-29-24-12-14-25(15-13-24)30-26-11-5-4-9-23(26)10-6-16-27-17-19-28-20-18-27/h1-5,7-9,11-15H,6,10,16-21H2. The van der Waals surface area contributed by atoms with E-state index in [1.54, 1.807) is 0 Å². The van der Waals surface area contributed by atoms with Crippen LogP contribution in [0.5, 0.6) is 17.2 Å². The fourth-order valence-electron chi connectivity index (χ4n) is 3.60. The van der Waals surface area contributed by atoms with E-state index < -0.39 is 0 Å². The second kappa shape index (κ2) is 10.8. The fraction of sp³-hybridized carbons (Fsp3) is 0.308. The van der Waals surface area contributed by atoms with Crippen LogP contribution in [0.25, 0.3) is 0 Å². The van der Waals surface area contributed by atoms with Gasteiger partial charge in [0.15, 0.2) is 0 Å². The molecule has 30 heavy (non-hydrogen) atoms. The second-order valence-electron chi connectivity index (χ2n) is 7.51. The van der Waals surface area contributed by atoms with Crippen LogP contribution in [-0.4, -0.2) is 37.7 Å². The normalized spacial score (nSPS) is 14.4. The van der Waals surface area contributed by atoms with Gasteiger partial charge in [-0.05, 0) is 60.8 Å². The molecule has 0 unspecified atom stereocenters. The third-order valence-electron chi connectivity index (χ3n) is 5.30. The van der Waals surface area contributed by atoms with E-state index in [9.17, 15) is 0 Å². The van der Waals surface area contributed by atoms with Crippen molar-refractivity contribution in [1.29, 1.82) is 0 Å².